The second-order valence-corrected chi connectivity index (χ2v) is 17.9. The quantitative estimate of drug-likeness (QED) is 0.0184. The minimum absolute atomic E-state index is 0.0755. The van der Waals surface area contributed by atoms with Crippen LogP contribution in [0.2, 0.25) is 0 Å². The minimum atomic E-state index is -4.82. The molecule has 0 bridgehead atoms. The number of hydrogen-bond donors (Lipinski definition) is 3. The molecule has 0 aliphatic carbocycles. The van der Waals surface area contributed by atoms with Crippen molar-refractivity contribution in [2.24, 2.45) is 0 Å². The smallest absolute Gasteiger partial charge is 0.377 e. The topological polar surface area (TPSA) is 130 Å². The largest absolute Gasteiger partial charge is 0.474 e. The van der Waals surface area contributed by atoms with Crippen molar-refractivity contribution in [3.63, 3.8) is 0 Å². The molecule has 318 valence electrons. The average molecular weight is 787 g/mol. The first kappa shape index (κ1) is 52.8. The van der Waals surface area contributed by atoms with Gasteiger partial charge in [0.05, 0.1) is 21.1 Å². The Hall–Kier alpha value is -1.19. The molecule has 9 nitrogen and oxygen atoms in total. The van der Waals surface area contributed by atoms with Crippen LogP contribution in [0.3, 0.4) is 0 Å². The first-order valence-electron chi connectivity index (χ1n) is 22.0. The number of likely N-dealkylation sites (N-methyl/N-ethyl adjacent to an activating group) is 1. The highest BCUT2D eigenvalue weighted by molar-refractivity contribution is 7.47. The Balaban J connectivity index is 4.73. The zero-order valence-corrected chi connectivity index (χ0v) is 36.5. The number of Topliss-reactive ketones (excluding diaryl/α,β-unsaturated/α-hetero) is 2. The normalized spacial score (nSPS) is 15.2. The van der Waals surface area contributed by atoms with Gasteiger partial charge in [-0.15, -0.1) is 0 Å². The second-order valence-electron chi connectivity index (χ2n) is 16.5. The molecule has 0 heterocycles. The number of phosphoric acid groups is 1. The Morgan fingerprint density at radius 1 is 0.630 bits per heavy atom. The van der Waals surface area contributed by atoms with E-state index in [9.17, 15) is 29.3 Å². The fourth-order valence-corrected chi connectivity index (χ4v) is 7.15. The van der Waals surface area contributed by atoms with Gasteiger partial charge in [-0.25, -0.2) is 4.57 Å². The summed E-state index contributed by atoms with van der Waals surface area (Å²) in [6, 6.07) is 0. The third-order valence-electron chi connectivity index (χ3n) is 9.99. The van der Waals surface area contributed by atoms with Gasteiger partial charge in [0.15, 0.2) is 11.4 Å². The van der Waals surface area contributed by atoms with Gasteiger partial charge < -0.3 is 19.6 Å². The summed E-state index contributed by atoms with van der Waals surface area (Å²) in [6.45, 7) is 4.72. The third kappa shape index (κ3) is 32.0. The molecule has 0 aliphatic heterocycles. The first-order valence-corrected chi connectivity index (χ1v) is 23.5. The summed E-state index contributed by atoms with van der Waals surface area (Å²) < 4.78 is 23.0. The predicted molar refractivity (Wildman–Crippen MR) is 224 cm³/mol. The van der Waals surface area contributed by atoms with E-state index in [-0.39, 0.29) is 19.4 Å². The number of phosphoric ester groups is 1. The van der Waals surface area contributed by atoms with E-state index in [0.717, 1.165) is 77.0 Å². The molecule has 3 N–H and O–H groups in total. The fraction of sp³-hybridized carbons (Fsp3) is 0.864. The number of carbonyl (C=O) groups is 2. The molecule has 0 aliphatic rings. The monoisotopic (exact) mass is 787 g/mol. The Bertz CT molecular complexity index is 1030. The van der Waals surface area contributed by atoms with E-state index < -0.39 is 37.7 Å². The molecule has 0 rings (SSSR count). The van der Waals surface area contributed by atoms with Crippen molar-refractivity contribution in [1.29, 1.82) is 0 Å². The van der Waals surface area contributed by atoms with Gasteiger partial charge in [-0.2, -0.15) is 0 Å². The molecule has 0 aromatic carbocycles. The van der Waals surface area contributed by atoms with Crippen LogP contribution in [-0.2, 0) is 23.2 Å². The molecular formula is C44H85NO8P+. The maximum Gasteiger partial charge on any atom is 0.474 e. The number of ketones is 2. The van der Waals surface area contributed by atoms with E-state index >= 15 is 0 Å². The second kappa shape index (κ2) is 33.9. The Kier molecular flexibility index (Phi) is 33.2. The van der Waals surface area contributed by atoms with Crippen LogP contribution in [0.25, 0.3) is 0 Å². The zero-order valence-electron chi connectivity index (χ0n) is 35.6. The van der Waals surface area contributed by atoms with Crippen molar-refractivity contribution in [3.05, 3.63) is 24.3 Å². The van der Waals surface area contributed by atoms with Gasteiger partial charge in [-0.05, 0) is 64.2 Å². The summed E-state index contributed by atoms with van der Waals surface area (Å²) >= 11 is 0. The van der Waals surface area contributed by atoms with E-state index in [1.807, 2.05) is 21.1 Å². The number of allylic oxidation sites excluding steroid dienone is 4. The van der Waals surface area contributed by atoms with Gasteiger partial charge in [-0.1, -0.05) is 141 Å². The van der Waals surface area contributed by atoms with E-state index in [1.165, 1.54) is 77.0 Å². The maximum atomic E-state index is 13.3. The van der Waals surface area contributed by atoms with Crippen LogP contribution in [0.1, 0.15) is 200 Å². The highest BCUT2D eigenvalue weighted by atomic mass is 31.2. The van der Waals surface area contributed by atoms with Gasteiger partial charge in [0.1, 0.15) is 18.9 Å². The van der Waals surface area contributed by atoms with Crippen LogP contribution in [-0.4, -0.2) is 77.3 Å². The van der Waals surface area contributed by atoms with Crippen LogP contribution in [0.5, 0.6) is 0 Å². The predicted octanol–water partition coefficient (Wildman–Crippen LogP) is 11.5. The van der Waals surface area contributed by atoms with Gasteiger partial charge in [0.2, 0.25) is 6.29 Å². The Morgan fingerprint density at radius 3 is 1.41 bits per heavy atom. The molecule has 3 unspecified atom stereocenters. The number of quaternary nitrogens is 1. The lowest BCUT2D eigenvalue weighted by molar-refractivity contribution is -0.870. The van der Waals surface area contributed by atoms with E-state index in [4.69, 9.17) is 9.05 Å². The summed E-state index contributed by atoms with van der Waals surface area (Å²) in [5.74, 6) is -1.16. The number of nitrogens with zero attached hydrogens (tertiary/aromatic N) is 1. The van der Waals surface area contributed by atoms with Crippen molar-refractivity contribution in [2.75, 3.05) is 34.3 Å². The van der Waals surface area contributed by atoms with E-state index in [2.05, 4.69) is 38.2 Å². The molecule has 0 saturated heterocycles. The van der Waals surface area contributed by atoms with Gasteiger partial charge >= 0.3 is 7.82 Å². The van der Waals surface area contributed by atoms with Crippen molar-refractivity contribution < 1.29 is 42.8 Å². The number of aliphatic hydroxyl groups is 2. The van der Waals surface area contributed by atoms with Crippen LogP contribution in [0.4, 0.5) is 0 Å². The molecule has 0 amide bonds. The minimum Gasteiger partial charge on any atom is -0.377 e. The lowest BCUT2D eigenvalue weighted by atomic mass is 9.87. The molecule has 0 radical (unpaired) electrons. The van der Waals surface area contributed by atoms with Gasteiger partial charge in [-0.3, -0.25) is 18.6 Å². The van der Waals surface area contributed by atoms with Gasteiger partial charge in [0, 0.05) is 19.3 Å². The molecule has 3 atom stereocenters. The first-order chi connectivity index (χ1) is 25.8. The van der Waals surface area contributed by atoms with Crippen molar-refractivity contribution >= 4 is 19.4 Å². The van der Waals surface area contributed by atoms with Crippen molar-refractivity contribution in [2.45, 2.75) is 212 Å². The highest BCUT2D eigenvalue weighted by Crippen LogP contribution is 2.46. The third-order valence-corrected chi connectivity index (χ3v) is 11.0. The molecular weight excluding hydrogens is 701 g/mol. The highest BCUT2D eigenvalue weighted by Gasteiger charge is 2.48. The molecule has 0 aromatic rings. The standard InChI is InChI=1S/C44H84NO8P/c1-6-8-10-12-14-16-18-20-22-24-26-28-30-32-34-36-41(46)40-44(49,43(48)53-54(50,51)52-39-38-45(3,4)5)42(47)37-35-33-31-29-27-25-23-21-19-17-15-13-11-9-7-2/h20-23,43,48-49H,6-19,24-40H2,1-5H3/p+1/b22-20-,23-21-. The lowest BCUT2D eigenvalue weighted by Gasteiger charge is -2.31. The number of unbranched alkanes of at least 4 members (excludes halogenated alkanes) is 22. The molecule has 0 aromatic heterocycles. The maximum absolute atomic E-state index is 13.3. The molecule has 0 fully saturated rings. The van der Waals surface area contributed by atoms with E-state index in [0.29, 0.717) is 23.9 Å². The van der Waals surface area contributed by atoms with Crippen molar-refractivity contribution in [1.82, 2.24) is 0 Å². The summed E-state index contributed by atoms with van der Waals surface area (Å²) in [5.41, 5.74) is -2.64. The number of rotatable bonds is 40. The zero-order chi connectivity index (χ0) is 40.4. The molecule has 54 heavy (non-hydrogen) atoms. The van der Waals surface area contributed by atoms with Crippen LogP contribution < -0.4 is 0 Å². The van der Waals surface area contributed by atoms with Crippen LogP contribution >= 0.6 is 7.82 Å². The summed E-state index contributed by atoms with van der Waals surface area (Å²) in [6.07, 6.45) is 35.1. The summed E-state index contributed by atoms with van der Waals surface area (Å²) in [7, 11) is 0.829. The summed E-state index contributed by atoms with van der Waals surface area (Å²) in [4.78, 5) is 36.6. The molecule has 10 heteroatoms. The number of aliphatic hydroxyl groups excluding tert-OH is 1. The average Bonchev–Trinajstić information content (AvgIpc) is 3.10. The number of hydrogen-bond acceptors (Lipinski definition) is 7. The Labute approximate surface area is 332 Å². The SMILES string of the molecule is CCCCCCCC/C=C\CCCCCCCC(=O)CC(O)(C(=O)CCCCCCC/C=C\CCCCCCCC)C(O)OP(=O)(O)OCC[N+](C)(C)C. The van der Waals surface area contributed by atoms with E-state index in [1.54, 1.807) is 0 Å². The molecule has 0 spiro atoms. The fourth-order valence-electron chi connectivity index (χ4n) is 6.35. The summed E-state index contributed by atoms with van der Waals surface area (Å²) in [5, 5.41) is 22.3. The van der Waals surface area contributed by atoms with Crippen LogP contribution in [0.15, 0.2) is 24.3 Å². The van der Waals surface area contributed by atoms with Gasteiger partial charge in [0.25, 0.3) is 0 Å². The molecule has 0 saturated carbocycles. The number of carbonyl (C=O) groups excluding carboxylic acids is 2. The van der Waals surface area contributed by atoms with Crippen LogP contribution in [0, 0.1) is 0 Å². The van der Waals surface area contributed by atoms with Crippen molar-refractivity contribution in [3.8, 4) is 0 Å². The Morgan fingerprint density at radius 2 is 1.00 bits per heavy atom. The lowest BCUT2D eigenvalue weighted by Crippen LogP contribution is -2.52.